The van der Waals surface area contributed by atoms with Gasteiger partial charge < -0.3 is 5.32 Å². The summed E-state index contributed by atoms with van der Waals surface area (Å²) < 4.78 is 1.01. The Labute approximate surface area is 112 Å². The lowest BCUT2D eigenvalue weighted by Crippen LogP contribution is -2.08. The fourth-order valence-corrected chi connectivity index (χ4v) is 2.30. The molecule has 0 saturated heterocycles. The van der Waals surface area contributed by atoms with E-state index in [1.807, 2.05) is 36.6 Å². The van der Waals surface area contributed by atoms with E-state index in [1.54, 1.807) is 11.3 Å². The molecule has 17 heavy (non-hydrogen) atoms. The van der Waals surface area contributed by atoms with Gasteiger partial charge in [0.1, 0.15) is 0 Å². The van der Waals surface area contributed by atoms with Gasteiger partial charge in [-0.15, -0.1) is 11.3 Å². The minimum atomic E-state index is -0.402. The van der Waals surface area contributed by atoms with Crippen LogP contribution in [0.2, 0.25) is 0 Å². The van der Waals surface area contributed by atoms with E-state index in [2.05, 4.69) is 32.3 Å². The average molecular weight is 308 g/mol. The monoisotopic (exact) mass is 307 g/mol. The van der Waals surface area contributed by atoms with Crippen LogP contribution in [0.4, 0.5) is 5.69 Å². The summed E-state index contributed by atoms with van der Waals surface area (Å²) in [5, 5.41) is 15.2. The number of hydrogen-bond acceptors (Lipinski definition) is 4. The Balaban J connectivity index is 2.16. The first kappa shape index (κ1) is 12.1. The smallest absolute Gasteiger partial charge is 0.158 e. The third kappa shape index (κ3) is 3.05. The Hall–Kier alpha value is -1.38. The molecular weight excluding hydrogens is 298 g/mol. The molecule has 1 heterocycles. The van der Waals surface area contributed by atoms with E-state index in [0.717, 1.165) is 20.9 Å². The molecule has 5 heteroatoms. The van der Waals surface area contributed by atoms with Crippen LogP contribution in [-0.4, -0.2) is 4.98 Å². The Morgan fingerprint density at radius 2 is 2.12 bits per heavy atom. The van der Waals surface area contributed by atoms with Crippen LogP contribution in [0.5, 0.6) is 0 Å². The number of nitriles is 1. The predicted molar refractivity (Wildman–Crippen MR) is 73.0 cm³/mol. The number of aromatic nitrogens is 1. The Kier molecular flexibility index (Phi) is 3.77. The summed E-state index contributed by atoms with van der Waals surface area (Å²) in [6.07, 6.45) is 0. The third-order valence-corrected chi connectivity index (χ3v) is 3.54. The molecule has 0 aliphatic rings. The normalized spacial score (nSPS) is 11.8. The number of nitrogens with zero attached hydrogens (tertiary/aromatic N) is 2. The van der Waals surface area contributed by atoms with Crippen LogP contribution in [0.1, 0.15) is 16.7 Å². The Morgan fingerprint density at radius 3 is 2.65 bits per heavy atom. The molecule has 0 bridgehead atoms. The van der Waals surface area contributed by atoms with Crippen molar-refractivity contribution in [3.8, 4) is 6.07 Å². The summed E-state index contributed by atoms with van der Waals surface area (Å²) in [7, 11) is 0. The molecule has 1 atom stereocenters. The van der Waals surface area contributed by atoms with Crippen molar-refractivity contribution in [2.45, 2.75) is 13.0 Å². The van der Waals surface area contributed by atoms with Crippen molar-refractivity contribution in [3.63, 3.8) is 0 Å². The zero-order chi connectivity index (χ0) is 12.3. The molecule has 0 spiro atoms. The second-order valence-corrected chi connectivity index (χ2v) is 5.48. The van der Waals surface area contributed by atoms with Gasteiger partial charge in [0.05, 0.1) is 16.8 Å². The van der Waals surface area contributed by atoms with Crippen LogP contribution in [0, 0.1) is 18.3 Å². The van der Waals surface area contributed by atoms with Crippen molar-refractivity contribution < 1.29 is 0 Å². The predicted octanol–water partition coefficient (Wildman–Crippen LogP) is 3.89. The van der Waals surface area contributed by atoms with E-state index in [1.165, 1.54) is 0 Å². The Morgan fingerprint density at radius 1 is 1.41 bits per heavy atom. The lowest BCUT2D eigenvalue weighted by molar-refractivity contribution is 0.942. The van der Waals surface area contributed by atoms with Gasteiger partial charge in [-0.1, -0.05) is 15.9 Å². The highest BCUT2D eigenvalue weighted by Gasteiger charge is 2.13. The van der Waals surface area contributed by atoms with Gasteiger partial charge in [-0.05, 0) is 31.2 Å². The minimum Gasteiger partial charge on any atom is -0.365 e. The molecule has 0 fully saturated rings. The summed E-state index contributed by atoms with van der Waals surface area (Å²) in [6.45, 7) is 1.93. The van der Waals surface area contributed by atoms with E-state index in [-0.39, 0.29) is 0 Å². The van der Waals surface area contributed by atoms with Crippen LogP contribution in [0.15, 0.2) is 34.1 Å². The first-order valence-electron chi connectivity index (χ1n) is 5.03. The highest BCUT2D eigenvalue weighted by molar-refractivity contribution is 9.10. The van der Waals surface area contributed by atoms with Gasteiger partial charge in [0.25, 0.3) is 0 Å². The number of benzene rings is 1. The molecule has 0 aliphatic carbocycles. The highest BCUT2D eigenvalue weighted by Crippen LogP contribution is 2.22. The number of rotatable bonds is 3. The number of thiazole rings is 1. The third-order valence-electron chi connectivity index (χ3n) is 2.22. The van der Waals surface area contributed by atoms with Crippen molar-refractivity contribution in [3.05, 3.63) is 44.8 Å². The molecule has 1 N–H and O–H groups in total. The van der Waals surface area contributed by atoms with Gasteiger partial charge in [0.2, 0.25) is 0 Å². The maximum absolute atomic E-state index is 9.15. The summed E-state index contributed by atoms with van der Waals surface area (Å²) in [5.74, 6) is 0. The maximum Gasteiger partial charge on any atom is 0.158 e. The van der Waals surface area contributed by atoms with Crippen molar-refractivity contribution in [2.24, 2.45) is 0 Å². The Bertz CT molecular complexity index is 542. The maximum atomic E-state index is 9.15. The van der Waals surface area contributed by atoms with Crippen LogP contribution < -0.4 is 5.32 Å². The van der Waals surface area contributed by atoms with E-state index < -0.39 is 6.04 Å². The largest absolute Gasteiger partial charge is 0.365 e. The summed E-state index contributed by atoms with van der Waals surface area (Å²) >= 11 is 4.92. The first-order valence-corrected chi connectivity index (χ1v) is 6.70. The van der Waals surface area contributed by atoms with E-state index in [9.17, 15) is 0 Å². The first-order chi connectivity index (χ1) is 8.19. The number of aryl methyl sites for hydroxylation is 1. The zero-order valence-electron chi connectivity index (χ0n) is 9.14. The second kappa shape index (κ2) is 5.30. The van der Waals surface area contributed by atoms with Gasteiger partial charge in [0.15, 0.2) is 6.04 Å². The highest BCUT2D eigenvalue weighted by atomic mass is 79.9. The number of anilines is 1. The molecule has 2 aromatic rings. The number of nitrogens with one attached hydrogen (secondary N) is 1. The molecule has 86 valence electrons. The topological polar surface area (TPSA) is 48.7 Å². The number of hydrogen-bond donors (Lipinski definition) is 1. The van der Waals surface area contributed by atoms with E-state index in [0.29, 0.717) is 0 Å². The fraction of sp³-hybridized carbons (Fsp3) is 0.167. The van der Waals surface area contributed by atoms with E-state index in [4.69, 9.17) is 5.26 Å². The molecule has 0 amide bonds. The van der Waals surface area contributed by atoms with Gasteiger partial charge in [-0.2, -0.15) is 5.26 Å². The fourth-order valence-electron chi connectivity index (χ4n) is 1.40. The van der Waals surface area contributed by atoms with Crippen LogP contribution >= 0.6 is 27.3 Å². The summed E-state index contributed by atoms with van der Waals surface area (Å²) in [5.41, 5.74) is 1.68. The van der Waals surface area contributed by atoms with Crippen LogP contribution in [0.3, 0.4) is 0 Å². The van der Waals surface area contributed by atoms with Crippen molar-refractivity contribution in [2.75, 3.05) is 5.32 Å². The lowest BCUT2D eigenvalue weighted by Gasteiger charge is -2.10. The SMILES string of the molecule is Cc1nc(C(C#N)Nc2ccc(Br)cc2)cs1. The zero-order valence-corrected chi connectivity index (χ0v) is 11.5. The van der Waals surface area contributed by atoms with Gasteiger partial charge in [0, 0.05) is 15.5 Å². The van der Waals surface area contributed by atoms with Crippen LogP contribution in [0.25, 0.3) is 0 Å². The quantitative estimate of drug-likeness (QED) is 0.936. The second-order valence-electron chi connectivity index (χ2n) is 3.50. The molecule has 1 aromatic heterocycles. The average Bonchev–Trinajstić information content (AvgIpc) is 2.75. The van der Waals surface area contributed by atoms with Crippen molar-refractivity contribution >= 4 is 33.0 Å². The van der Waals surface area contributed by atoms with Crippen LogP contribution in [-0.2, 0) is 0 Å². The molecule has 3 nitrogen and oxygen atoms in total. The molecule has 1 aromatic carbocycles. The molecular formula is C12H10BrN3S. The molecule has 2 rings (SSSR count). The molecule has 0 saturated carbocycles. The van der Waals surface area contributed by atoms with Crippen molar-refractivity contribution in [1.82, 2.24) is 4.98 Å². The number of halogens is 1. The standard InChI is InChI=1S/C12H10BrN3S/c1-8-15-12(7-17-8)11(6-14)16-10-4-2-9(13)3-5-10/h2-5,7,11,16H,1H3. The van der Waals surface area contributed by atoms with E-state index >= 15 is 0 Å². The summed E-state index contributed by atoms with van der Waals surface area (Å²) in [4.78, 5) is 4.32. The summed E-state index contributed by atoms with van der Waals surface area (Å²) in [6, 6.07) is 9.53. The van der Waals surface area contributed by atoms with Gasteiger partial charge in [-0.3, -0.25) is 0 Å². The molecule has 0 aliphatic heterocycles. The van der Waals surface area contributed by atoms with Gasteiger partial charge in [-0.25, -0.2) is 4.98 Å². The molecule has 1 unspecified atom stereocenters. The van der Waals surface area contributed by atoms with Crippen molar-refractivity contribution in [1.29, 1.82) is 5.26 Å². The van der Waals surface area contributed by atoms with Gasteiger partial charge >= 0.3 is 0 Å². The lowest BCUT2D eigenvalue weighted by atomic mass is 10.2. The molecule has 0 radical (unpaired) electrons. The minimum absolute atomic E-state index is 0.402.